The Kier molecular flexibility index (Phi) is 8.48. The van der Waals surface area contributed by atoms with E-state index in [0.717, 1.165) is 44.9 Å². The SMILES string of the molecule is C=CC=CC(=C)CCN1CCC2CCC3C(=C2C1)C=CCN3CCC(=C)C=CC=C. The minimum atomic E-state index is 0.586. The lowest BCUT2D eigenvalue weighted by Crippen LogP contribution is -2.46. The molecule has 2 heterocycles. The van der Waals surface area contributed by atoms with Crippen molar-refractivity contribution in [1.29, 1.82) is 0 Å². The highest BCUT2D eigenvalue weighted by molar-refractivity contribution is 5.38. The summed E-state index contributed by atoms with van der Waals surface area (Å²) in [7, 11) is 0. The van der Waals surface area contributed by atoms with Crippen molar-refractivity contribution in [3.8, 4) is 0 Å². The highest BCUT2D eigenvalue weighted by Crippen LogP contribution is 2.40. The summed E-state index contributed by atoms with van der Waals surface area (Å²) in [5.74, 6) is 0.784. The van der Waals surface area contributed by atoms with Gasteiger partial charge in [-0.15, -0.1) is 0 Å². The van der Waals surface area contributed by atoms with Crippen LogP contribution in [0.5, 0.6) is 0 Å². The van der Waals surface area contributed by atoms with Crippen LogP contribution >= 0.6 is 0 Å². The zero-order chi connectivity index (χ0) is 21.3. The molecule has 2 aliphatic heterocycles. The number of hydrogen-bond donors (Lipinski definition) is 0. The van der Waals surface area contributed by atoms with Gasteiger partial charge in [0, 0.05) is 32.2 Å². The summed E-state index contributed by atoms with van der Waals surface area (Å²) in [6.07, 6.45) is 22.6. The van der Waals surface area contributed by atoms with Gasteiger partial charge in [0.1, 0.15) is 0 Å². The third-order valence-corrected chi connectivity index (χ3v) is 6.68. The Morgan fingerprint density at radius 1 is 0.967 bits per heavy atom. The van der Waals surface area contributed by atoms with Gasteiger partial charge in [-0.3, -0.25) is 9.80 Å². The summed E-state index contributed by atoms with van der Waals surface area (Å²) < 4.78 is 0. The number of allylic oxidation sites excluding steroid dienone is 6. The molecule has 0 aromatic carbocycles. The van der Waals surface area contributed by atoms with Crippen LogP contribution < -0.4 is 0 Å². The van der Waals surface area contributed by atoms with Crippen LogP contribution in [0.4, 0.5) is 0 Å². The molecule has 0 amide bonds. The maximum atomic E-state index is 4.19. The summed E-state index contributed by atoms with van der Waals surface area (Å²) in [5, 5.41) is 0. The van der Waals surface area contributed by atoms with Crippen molar-refractivity contribution in [2.45, 2.75) is 38.1 Å². The second kappa shape index (κ2) is 11.3. The third kappa shape index (κ3) is 5.93. The molecule has 30 heavy (non-hydrogen) atoms. The lowest BCUT2D eigenvalue weighted by molar-refractivity contribution is 0.177. The van der Waals surface area contributed by atoms with Crippen LogP contribution in [0, 0.1) is 5.92 Å². The van der Waals surface area contributed by atoms with Crippen molar-refractivity contribution in [1.82, 2.24) is 9.80 Å². The molecular weight excluding hydrogens is 364 g/mol. The maximum absolute atomic E-state index is 4.19. The van der Waals surface area contributed by atoms with E-state index >= 15 is 0 Å². The predicted molar refractivity (Wildman–Crippen MR) is 131 cm³/mol. The van der Waals surface area contributed by atoms with Gasteiger partial charge >= 0.3 is 0 Å². The molecule has 0 saturated carbocycles. The van der Waals surface area contributed by atoms with Crippen LogP contribution in [0.2, 0.25) is 0 Å². The fraction of sp³-hybridized carbons (Fsp3) is 0.429. The molecule has 0 bridgehead atoms. The van der Waals surface area contributed by atoms with E-state index in [0.29, 0.717) is 6.04 Å². The topological polar surface area (TPSA) is 6.48 Å². The van der Waals surface area contributed by atoms with E-state index < -0.39 is 0 Å². The number of nitrogens with zero attached hydrogens (tertiary/aromatic N) is 2. The first kappa shape index (κ1) is 22.5. The second-order valence-corrected chi connectivity index (χ2v) is 8.74. The molecule has 0 N–H and O–H groups in total. The number of piperidine rings is 1. The summed E-state index contributed by atoms with van der Waals surface area (Å²) in [6.45, 7) is 21.4. The Labute approximate surface area is 184 Å². The van der Waals surface area contributed by atoms with E-state index in [4.69, 9.17) is 0 Å². The second-order valence-electron chi connectivity index (χ2n) is 8.74. The molecular formula is C28H38N2. The van der Waals surface area contributed by atoms with Crippen molar-refractivity contribution in [3.05, 3.63) is 97.2 Å². The molecule has 1 fully saturated rings. The smallest absolute Gasteiger partial charge is 0.0351 e. The van der Waals surface area contributed by atoms with Crippen molar-refractivity contribution in [3.63, 3.8) is 0 Å². The molecule has 2 unspecified atom stereocenters. The normalized spacial score (nSPS) is 24.8. The van der Waals surface area contributed by atoms with Crippen LogP contribution in [-0.4, -0.2) is 48.6 Å². The zero-order valence-electron chi connectivity index (χ0n) is 18.6. The fourth-order valence-electron chi connectivity index (χ4n) is 4.98. The van der Waals surface area contributed by atoms with Gasteiger partial charge < -0.3 is 0 Å². The summed E-state index contributed by atoms with van der Waals surface area (Å²) >= 11 is 0. The standard InChI is InChI=1S/C28H38N2/c1-5-7-10-23(3)15-19-29-20-17-25-13-14-28-26(27(25)22-29)12-9-18-30(28)21-16-24(4)11-8-6-2/h5-12,25,28H,1-4,13-22H2. The Morgan fingerprint density at radius 3 is 2.37 bits per heavy atom. The quantitative estimate of drug-likeness (QED) is 0.413. The van der Waals surface area contributed by atoms with Crippen molar-refractivity contribution in [2.24, 2.45) is 5.92 Å². The summed E-state index contributed by atoms with van der Waals surface area (Å²) in [4.78, 5) is 5.29. The van der Waals surface area contributed by atoms with E-state index in [-0.39, 0.29) is 0 Å². The minimum Gasteiger partial charge on any atom is -0.299 e. The van der Waals surface area contributed by atoms with E-state index in [2.05, 4.69) is 60.4 Å². The van der Waals surface area contributed by atoms with Crippen molar-refractivity contribution in [2.75, 3.05) is 32.7 Å². The van der Waals surface area contributed by atoms with Gasteiger partial charge in [-0.2, -0.15) is 0 Å². The monoisotopic (exact) mass is 402 g/mol. The van der Waals surface area contributed by atoms with Crippen LogP contribution in [0.15, 0.2) is 97.2 Å². The Balaban J connectivity index is 1.63. The average Bonchev–Trinajstić information content (AvgIpc) is 2.78. The fourth-order valence-corrected chi connectivity index (χ4v) is 4.98. The first-order valence-electron chi connectivity index (χ1n) is 11.4. The lowest BCUT2D eigenvalue weighted by atomic mass is 9.74. The molecule has 2 heteroatoms. The number of fused-ring (bicyclic) bond motifs is 2. The van der Waals surface area contributed by atoms with E-state index in [9.17, 15) is 0 Å². The van der Waals surface area contributed by atoms with Crippen LogP contribution in [0.25, 0.3) is 0 Å². The van der Waals surface area contributed by atoms with E-state index in [1.54, 1.807) is 11.1 Å². The van der Waals surface area contributed by atoms with Gasteiger partial charge in [-0.05, 0) is 55.7 Å². The van der Waals surface area contributed by atoms with Crippen LogP contribution in [0.1, 0.15) is 32.1 Å². The maximum Gasteiger partial charge on any atom is 0.0351 e. The molecule has 2 atom stereocenters. The Hall–Kier alpha value is -2.16. The van der Waals surface area contributed by atoms with Crippen molar-refractivity contribution >= 4 is 0 Å². The average molecular weight is 403 g/mol. The Bertz CT molecular complexity index is 776. The van der Waals surface area contributed by atoms with Gasteiger partial charge in [-0.1, -0.05) is 86.1 Å². The minimum absolute atomic E-state index is 0.586. The number of rotatable bonds is 10. The number of hydrogen-bond acceptors (Lipinski definition) is 2. The summed E-state index contributed by atoms with van der Waals surface area (Å²) in [5.41, 5.74) is 5.68. The molecule has 0 spiro atoms. The first-order chi connectivity index (χ1) is 14.6. The van der Waals surface area contributed by atoms with Crippen LogP contribution in [-0.2, 0) is 0 Å². The number of likely N-dealkylation sites (tertiary alicyclic amines) is 1. The highest BCUT2D eigenvalue weighted by Gasteiger charge is 2.35. The first-order valence-corrected chi connectivity index (χ1v) is 11.4. The van der Waals surface area contributed by atoms with Gasteiger partial charge in [0.15, 0.2) is 0 Å². The molecule has 160 valence electrons. The molecule has 1 aliphatic carbocycles. The molecule has 3 rings (SSSR count). The van der Waals surface area contributed by atoms with Crippen LogP contribution in [0.3, 0.4) is 0 Å². The third-order valence-electron chi connectivity index (χ3n) is 6.68. The molecule has 1 saturated heterocycles. The predicted octanol–water partition coefficient (Wildman–Crippen LogP) is 6.02. The van der Waals surface area contributed by atoms with Gasteiger partial charge in [0.25, 0.3) is 0 Å². The summed E-state index contributed by atoms with van der Waals surface area (Å²) in [6, 6.07) is 0.586. The lowest BCUT2D eigenvalue weighted by Gasteiger charge is -2.45. The molecule has 3 aliphatic rings. The highest BCUT2D eigenvalue weighted by atomic mass is 15.2. The van der Waals surface area contributed by atoms with Crippen molar-refractivity contribution < 1.29 is 0 Å². The van der Waals surface area contributed by atoms with Gasteiger partial charge in [0.05, 0.1) is 0 Å². The van der Waals surface area contributed by atoms with E-state index in [1.165, 1.54) is 37.0 Å². The molecule has 0 radical (unpaired) electrons. The Morgan fingerprint density at radius 2 is 1.67 bits per heavy atom. The molecule has 2 nitrogen and oxygen atoms in total. The van der Waals surface area contributed by atoms with E-state index in [1.807, 2.05) is 24.3 Å². The molecule has 0 aromatic heterocycles. The largest absolute Gasteiger partial charge is 0.299 e. The van der Waals surface area contributed by atoms with Gasteiger partial charge in [0.2, 0.25) is 0 Å². The molecule has 0 aromatic rings. The van der Waals surface area contributed by atoms with Gasteiger partial charge in [-0.25, -0.2) is 0 Å². The zero-order valence-corrected chi connectivity index (χ0v) is 18.6.